The van der Waals surface area contributed by atoms with Gasteiger partial charge >= 0.3 is 12.0 Å². The Hall–Kier alpha value is -1.76. The van der Waals surface area contributed by atoms with Crippen molar-refractivity contribution < 1.29 is 19.1 Å². The summed E-state index contributed by atoms with van der Waals surface area (Å²) in [5.74, 6) is -1.81. The fraction of sp³-hybridized carbons (Fsp3) is 0.429. The fourth-order valence-electron chi connectivity index (χ4n) is 2.44. The van der Waals surface area contributed by atoms with Gasteiger partial charge in [0.2, 0.25) is 0 Å². The zero-order chi connectivity index (χ0) is 15.4. The van der Waals surface area contributed by atoms with Gasteiger partial charge in [0.05, 0.1) is 11.3 Å². The number of anilines is 1. The molecule has 1 saturated carbocycles. The summed E-state index contributed by atoms with van der Waals surface area (Å²) in [5.41, 5.74) is -0.181. The van der Waals surface area contributed by atoms with Crippen molar-refractivity contribution in [3.05, 3.63) is 29.6 Å². The molecule has 0 saturated heterocycles. The van der Waals surface area contributed by atoms with Gasteiger partial charge in [-0.15, -0.1) is 0 Å². The maximum Gasteiger partial charge on any atom is 0.337 e. The third-order valence-electron chi connectivity index (χ3n) is 3.51. The van der Waals surface area contributed by atoms with E-state index in [4.69, 9.17) is 5.11 Å². The Bertz CT molecular complexity index is 553. The third-order valence-corrected chi connectivity index (χ3v) is 4.61. The molecule has 0 aromatic heterocycles. The second kappa shape index (κ2) is 6.80. The van der Waals surface area contributed by atoms with Crippen LogP contribution >= 0.6 is 11.8 Å². The molecule has 2 amide bonds. The third kappa shape index (κ3) is 4.10. The van der Waals surface area contributed by atoms with E-state index >= 15 is 0 Å². The predicted molar refractivity (Wildman–Crippen MR) is 80.5 cm³/mol. The van der Waals surface area contributed by atoms with E-state index in [1.165, 1.54) is 0 Å². The number of carboxylic acid groups (broad SMARTS) is 1. The molecule has 1 aliphatic carbocycles. The number of hydrogen-bond acceptors (Lipinski definition) is 3. The number of carboxylic acids is 1. The highest BCUT2D eigenvalue weighted by Gasteiger charge is 2.25. The summed E-state index contributed by atoms with van der Waals surface area (Å²) in [5, 5.41) is 14.8. The smallest absolute Gasteiger partial charge is 0.337 e. The average Bonchev–Trinajstić information content (AvgIpc) is 2.85. The quantitative estimate of drug-likeness (QED) is 0.799. The van der Waals surface area contributed by atoms with Crippen molar-refractivity contribution in [2.75, 3.05) is 11.6 Å². The maximum atomic E-state index is 13.2. The molecule has 2 rings (SSSR count). The molecule has 1 aliphatic rings. The summed E-state index contributed by atoms with van der Waals surface area (Å²) in [6.07, 6.45) is 4.88. The standard InChI is InChI=1S/C14H17FN2O3S/c1-21-10-4-3-9(7-10)16-14(20)17-12-6-8(15)2-5-11(12)13(18)19/h2,5-6,9-10H,3-4,7H2,1H3,(H,18,19)(H2,16,17,20). The number of hydrogen-bond donors (Lipinski definition) is 3. The lowest BCUT2D eigenvalue weighted by Crippen LogP contribution is -2.36. The highest BCUT2D eigenvalue weighted by molar-refractivity contribution is 7.99. The number of rotatable bonds is 4. The molecule has 0 radical (unpaired) electrons. The minimum Gasteiger partial charge on any atom is -0.478 e. The zero-order valence-electron chi connectivity index (χ0n) is 11.6. The van der Waals surface area contributed by atoms with Crippen molar-refractivity contribution in [2.24, 2.45) is 0 Å². The van der Waals surface area contributed by atoms with E-state index in [-0.39, 0.29) is 17.3 Å². The average molecular weight is 312 g/mol. The molecule has 114 valence electrons. The van der Waals surface area contributed by atoms with Crippen LogP contribution < -0.4 is 10.6 Å². The zero-order valence-corrected chi connectivity index (χ0v) is 12.4. The van der Waals surface area contributed by atoms with Crippen LogP contribution in [0.2, 0.25) is 0 Å². The predicted octanol–water partition coefficient (Wildman–Crippen LogP) is 2.93. The molecule has 7 heteroatoms. The lowest BCUT2D eigenvalue weighted by atomic mass is 10.1. The summed E-state index contributed by atoms with van der Waals surface area (Å²) >= 11 is 1.78. The first-order valence-electron chi connectivity index (χ1n) is 6.62. The van der Waals surface area contributed by atoms with Gasteiger partial charge in [-0.3, -0.25) is 0 Å². The SMILES string of the molecule is CSC1CCC(NC(=O)Nc2cc(F)ccc2C(=O)O)C1. The van der Waals surface area contributed by atoms with E-state index in [2.05, 4.69) is 10.6 Å². The molecule has 2 unspecified atom stereocenters. The van der Waals surface area contributed by atoms with Gasteiger partial charge in [0.15, 0.2) is 0 Å². The van der Waals surface area contributed by atoms with Gasteiger partial charge in [0.25, 0.3) is 0 Å². The van der Waals surface area contributed by atoms with Crippen LogP contribution in [0.1, 0.15) is 29.6 Å². The summed E-state index contributed by atoms with van der Waals surface area (Å²) < 4.78 is 13.2. The molecule has 3 N–H and O–H groups in total. The maximum absolute atomic E-state index is 13.2. The van der Waals surface area contributed by atoms with Gasteiger partial charge in [0.1, 0.15) is 5.82 Å². The van der Waals surface area contributed by atoms with Gasteiger partial charge in [-0.05, 0) is 43.7 Å². The first-order chi connectivity index (χ1) is 9.99. The number of halogens is 1. The number of benzene rings is 1. The van der Waals surface area contributed by atoms with Crippen molar-refractivity contribution in [3.8, 4) is 0 Å². The lowest BCUT2D eigenvalue weighted by molar-refractivity contribution is 0.0698. The van der Waals surface area contributed by atoms with Crippen LogP contribution in [0.4, 0.5) is 14.9 Å². The van der Waals surface area contributed by atoms with Gasteiger partial charge in [-0.1, -0.05) is 0 Å². The molecular weight excluding hydrogens is 295 g/mol. The molecule has 0 heterocycles. The largest absolute Gasteiger partial charge is 0.478 e. The molecule has 1 aromatic rings. The Balaban J connectivity index is 2.00. The fourth-order valence-corrected chi connectivity index (χ4v) is 3.23. The molecule has 5 nitrogen and oxygen atoms in total. The summed E-state index contributed by atoms with van der Waals surface area (Å²) in [7, 11) is 0. The first-order valence-corrected chi connectivity index (χ1v) is 7.91. The van der Waals surface area contributed by atoms with E-state index in [9.17, 15) is 14.0 Å². The van der Waals surface area contributed by atoms with Crippen LogP contribution in [0.5, 0.6) is 0 Å². The van der Waals surface area contributed by atoms with E-state index in [0.717, 1.165) is 37.5 Å². The molecular formula is C14H17FN2O3S. The number of aromatic carboxylic acids is 1. The van der Waals surface area contributed by atoms with Crippen LogP contribution in [0.25, 0.3) is 0 Å². The van der Waals surface area contributed by atoms with E-state index in [1.54, 1.807) is 11.8 Å². The second-order valence-electron chi connectivity index (χ2n) is 4.96. The van der Waals surface area contributed by atoms with Crippen LogP contribution in [0.15, 0.2) is 18.2 Å². The molecule has 0 aliphatic heterocycles. The van der Waals surface area contributed by atoms with Gasteiger partial charge in [-0.25, -0.2) is 14.0 Å². The van der Waals surface area contributed by atoms with Gasteiger partial charge < -0.3 is 15.7 Å². The Labute approximate surface area is 126 Å². The number of urea groups is 1. The van der Waals surface area contributed by atoms with Crippen LogP contribution in [0, 0.1) is 5.82 Å². The van der Waals surface area contributed by atoms with Gasteiger partial charge in [-0.2, -0.15) is 11.8 Å². The Morgan fingerprint density at radius 1 is 1.38 bits per heavy atom. The Morgan fingerprint density at radius 2 is 2.14 bits per heavy atom. The molecule has 0 spiro atoms. The van der Waals surface area contributed by atoms with E-state index < -0.39 is 17.8 Å². The molecule has 2 atom stereocenters. The van der Waals surface area contributed by atoms with Gasteiger partial charge in [0, 0.05) is 11.3 Å². The number of nitrogens with one attached hydrogen (secondary N) is 2. The van der Waals surface area contributed by atoms with Crippen LogP contribution in [-0.4, -0.2) is 34.7 Å². The van der Waals surface area contributed by atoms with Crippen molar-refractivity contribution in [1.29, 1.82) is 0 Å². The number of amides is 2. The minimum absolute atomic E-state index is 0.0422. The van der Waals surface area contributed by atoms with Crippen LogP contribution in [0.3, 0.4) is 0 Å². The highest BCUT2D eigenvalue weighted by Crippen LogP contribution is 2.28. The lowest BCUT2D eigenvalue weighted by Gasteiger charge is -2.14. The number of carbonyl (C=O) groups excluding carboxylic acids is 1. The Morgan fingerprint density at radius 3 is 2.76 bits per heavy atom. The minimum atomic E-state index is -1.21. The highest BCUT2D eigenvalue weighted by atomic mass is 32.2. The molecule has 21 heavy (non-hydrogen) atoms. The summed E-state index contributed by atoms with van der Waals surface area (Å²) in [4.78, 5) is 22.9. The van der Waals surface area contributed by atoms with Crippen molar-refractivity contribution in [1.82, 2.24) is 5.32 Å². The van der Waals surface area contributed by atoms with E-state index in [0.29, 0.717) is 5.25 Å². The van der Waals surface area contributed by atoms with Crippen molar-refractivity contribution in [2.45, 2.75) is 30.6 Å². The van der Waals surface area contributed by atoms with Crippen LogP contribution in [-0.2, 0) is 0 Å². The molecule has 0 bridgehead atoms. The van der Waals surface area contributed by atoms with E-state index in [1.807, 2.05) is 6.26 Å². The number of carbonyl (C=O) groups is 2. The number of thioether (sulfide) groups is 1. The summed E-state index contributed by atoms with van der Waals surface area (Å²) in [6.45, 7) is 0. The topological polar surface area (TPSA) is 78.4 Å². The first kappa shape index (κ1) is 15.6. The molecule has 1 fully saturated rings. The summed E-state index contributed by atoms with van der Waals surface area (Å²) in [6, 6.07) is 2.75. The monoisotopic (exact) mass is 312 g/mol. The Kier molecular flexibility index (Phi) is 5.06. The normalized spacial score (nSPS) is 21.0. The van der Waals surface area contributed by atoms with Crippen molar-refractivity contribution >= 4 is 29.4 Å². The second-order valence-corrected chi connectivity index (χ2v) is 6.10. The van der Waals surface area contributed by atoms with Crippen molar-refractivity contribution in [3.63, 3.8) is 0 Å². The molecule has 1 aromatic carbocycles.